The van der Waals surface area contributed by atoms with Crippen LogP contribution in [0, 0.1) is 0 Å². The topological polar surface area (TPSA) is 180 Å². The number of nitrogens with one attached hydrogen (secondary N) is 1. The van der Waals surface area contributed by atoms with Crippen LogP contribution in [0.15, 0.2) is 90.0 Å². The highest BCUT2D eigenvalue weighted by molar-refractivity contribution is 7.92. The average Bonchev–Trinajstić information content (AvgIpc) is 3.00. The smallest absolute Gasteiger partial charge is 0.337 e. The minimum atomic E-state index is -4.18. The van der Waals surface area contributed by atoms with Crippen LogP contribution < -0.4 is 25.7 Å². The van der Waals surface area contributed by atoms with Gasteiger partial charge < -0.3 is 26.0 Å². The zero-order valence-electron chi connectivity index (χ0n) is 23.2. The Hall–Kier alpha value is -5.20. The monoisotopic (exact) mass is 599 g/mol. The summed E-state index contributed by atoms with van der Waals surface area (Å²) in [6.07, 6.45) is 2.11. The number of ether oxygens (including phenoxy) is 2. The number of aromatic carboxylic acids is 1. The maximum Gasteiger partial charge on any atom is 0.337 e. The van der Waals surface area contributed by atoms with E-state index in [2.05, 4.69) is 14.7 Å². The molecule has 0 saturated heterocycles. The van der Waals surface area contributed by atoms with Crippen LogP contribution >= 0.6 is 0 Å². The maximum absolute atomic E-state index is 13.5. The summed E-state index contributed by atoms with van der Waals surface area (Å²) in [6, 6.07) is 21.8. The first-order valence-corrected chi connectivity index (χ1v) is 14.7. The molecule has 0 aliphatic carbocycles. The van der Waals surface area contributed by atoms with Gasteiger partial charge in [0.1, 0.15) is 16.5 Å². The second-order valence-electron chi connectivity index (χ2n) is 9.51. The molecule has 2 heterocycles. The normalized spacial score (nSPS) is 11.3. The fraction of sp³-hybridized carbons (Fsp3) is 0.129. The van der Waals surface area contributed by atoms with E-state index in [1.165, 1.54) is 19.4 Å². The van der Waals surface area contributed by atoms with Crippen LogP contribution in [0.3, 0.4) is 0 Å². The van der Waals surface area contributed by atoms with Crippen LogP contribution in [0.4, 0.5) is 11.5 Å². The number of fused-ring (bicyclic) bond motifs is 1. The molecule has 0 aliphatic heterocycles. The zero-order valence-corrected chi connectivity index (χ0v) is 24.0. The molecule has 3 aromatic carbocycles. The average molecular weight is 600 g/mol. The fourth-order valence-corrected chi connectivity index (χ4v) is 5.84. The van der Waals surface area contributed by atoms with E-state index >= 15 is 0 Å². The predicted molar refractivity (Wildman–Crippen MR) is 165 cm³/mol. The van der Waals surface area contributed by atoms with Crippen molar-refractivity contribution in [1.82, 2.24) is 9.97 Å². The number of anilines is 2. The molecular formula is C31H29N5O6S. The SMILES string of the molecule is COc1ncc(-c2ccc3nc(N)c(-c4ccccc4)c(C(=O)O)c3c2)cc1S(=O)(=O)Nc1cccc(OCCCN)c1. The Morgan fingerprint density at radius 1 is 0.977 bits per heavy atom. The molecule has 0 atom stereocenters. The molecule has 0 saturated carbocycles. The van der Waals surface area contributed by atoms with Crippen LogP contribution in [0.25, 0.3) is 33.2 Å². The van der Waals surface area contributed by atoms with Crippen LogP contribution in [0.1, 0.15) is 16.8 Å². The van der Waals surface area contributed by atoms with Crippen molar-refractivity contribution >= 4 is 38.4 Å². The van der Waals surface area contributed by atoms with Crippen molar-refractivity contribution in [2.24, 2.45) is 5.73 Å². The molecule has 220 valence electrons. The number of hydrogen-bond acceptors (Lipinski definition) is 9. The van der Waals surface area contributed by atoms with E-state index in [0.29, 0.717) is 58.5 Å². The van der Waals surface area contributed by atoms with Crippen molar-refractivity contribution in [3.63, 3.8) is 0 Å². The summed E-state index contributed by atoms with van der Waals surface area (Å²) in [5.74, 6) is -0.714. The molecule has 0 fully saturated rings. The summed E-state index contributed by atoms with van der Waals surface area (Å²) in [6.45, 7) is 0.875. The number of benzene rings is 3. The number of rotatable bonds is 11. The summed E-state index contributed by atoms with van der Waals surface area (Å²) in [7, 11) is -2.85. The third-order valence-corrected chi connectivity index (χ3v) is 8.00. The maximum atomic E-state index is 13.5. The molecule has 0 amide bonds. The molecular weight excluding hydrogens is 570 g/mol. The first-order valence-electron chi connectivity index (χ1n) is 13.2. The number of pyridine rings is 2. The summed E-state index contributed by atoms with van der Waals surface area (Å²) in [5, 5.41) is 10.6. The molecule has 0 spiro atoms. The second-order valence-corrected chi connectivity index (χ2v) is 11.2. The summed E-state index contributed by atoms with van der Waals surface area (Å²) < 4.78 is 40.5. The van der Waals surface area contributed by atoms with Crippen LogP contribution in [0.2, 0.25) is 0 Å². The van der Waals surface area contributed by atoms with Crippen molar-refractivity contribution < 1.29 is 27.8 Å². The van der Waals surface area contributed by atoms with Crippen molar-refractivity contribution in [3.8, 4) is 33.9 Å². The number of nitrogen functional groups attached to an aromatic ring is 1. The number of hydrogen-bond donors (Lipinski definition) is 4. The predicted octanol–water partition coefficient (Wildman–Crippen LogP) is 4.78. The van der Waals surface area contributed by atoms with E-state index in [-0.39, 0.29) is 27.8 Å². The lowest BCUT2D eigenvalue weighted by molar-refractivity contribution is 0.0699. The molecule has 0 radical (unpaired) electrons. The number of carbonyl (C=O) groups is 1. The molecule has 6 N–H and O–H groups in total. The minimum Gasteiger partial charge on any atom is -0.493 e. The van der Waals surface area contributed by atoms with E-state index < -0.39 is 16.0 Å². The molecule has 43 heavy (non-hydrogen) atoms. The third kappa shape index (κ3) is 6.20. The van der Waals surface area contributed by atoms with Gasteiger partial charge in [0, 0.05) is 28.8 Å². The number of sulfonamides is 1. The van der Waals surface area contributed by atoms with E-state index in [1.54, 1.807) is 66.7 Å². The van der Waals surface area contributed by atoms with Crippen molar-refractivity contribution in [1.29, 1.82) is 0 Å². The lowest BCUT2D eigenvalue weighted by atomic mass is 9.94. The van der Waals surface area contributed by atoms with Gasteiger partial charge in [0.15, 0.2) is 0 Å². The van der Waals surface area contributed by atoms with Gasteiger partial charge in [-0.1, -0.05) is 42.5 Å². The Balaban J connectivity index is 1.57. The second kappa shape index (κ2) is 12.3. The highest BCUT2D eigenvalue weighted by Gasteiger charge is 2.24. The standard InChI is InChI=1S/C31H29N5O6S/c1-41-30-26(43(39,40)36-22-9-5-10-23(17-22)42-14-6-13-32)16-21(18-34-30)20-11-12-25-24(15-20)28(31(37)38)27(29(33)35-25)19-7-3-2-4-8-19/h2-5,7-12,15-18,36H,6,13-14,32H2,1H3,(H2,33,35)(H,37,38). The van der Waals surface area contributed by atoms with Gasteiger partial charge >= 0.3 is 5.97 Å². The molecule has 11 nitrogen and oxygen atoms in total. The number of aromatic nitrogens is 2. The number of nitrogens with two attached hydrogens (primary N) is 2. The van der Waals surface area contributed by atoms with E-state index in [4.69, 9.17) is 20.9 Å². The van der Waals surface area contributed by atoms with Gasteiger partial charge in [0.25, 0.3) is 10.0 Å². The Morgan fingerprint density at radius 2 is 1.77 bits per heavy atom. The molecule has 0 aliphatic rings. The molecule has 0 bridgehead atoms. The van der Waals surface area contributed by atoms with Crippen LogP contribution in [-0.2, 0) is 10.0 Å². The fourth-order valence-electron chi connectivity index (χ4n) is 4.65. The van der Waals surface area contributed by atoms with Gasteiger partial charge in [-0.05, 0) is 54.4 Å². The Kier molecular flexibility index (Phi) is 8.41. The Morgan fingerprint density at radius 3 is 2.49 bits per heavy atom. The van der Waals surface area contributed by atoms with Crippen molar-refractivity contribution in [2.45, 2.75) is 11.3 Å². The lowest BCUT2D eigenvalue weighted by Crippen LogP contribution is -2.15. The first kappa shape index (κ1) is 29.3. The molecule has 2 aromatic heterocycles. The first-order chi connectivity index (χ1) is 20.7. The number of nitrogens with zero attached hydrogens (tertiary/aromatic N) is 2. The third-order valence-electron chi connectivity index (χ3n) is 6.63. The lowest BCUT2D eigenvalue weighted by Gasteiger charge is -2.15. The Bertz CT molecular complexity index is 1920. The highest BCUT2D eigenvalue weighted by Crippen LogP contribution is 2.37. The van der Waals surface area contributed by atoms with Gasteiger partial charge in [0.2, 0.25) is 5.88 Å². The van der Waals surface area contributed by atoms with E-state index in [9.17, 15) is 18.3 Å². The minimum absolute atomic E-state index is 0.0138. The summed E-state index contributed by atoms with van der Waals surface area (Å²) >= 11 is 0. The van der Waals surface area contributed by atoms with E-state index in [0.717, 1.165) is 0 Å². The molecule has 12 heteroatoms. The van der Waals surface area contributed by atoms with Gasteiger partial charge in [-0.2, -0.15) is 0 Å². The van der Waals surface area contributed by atoms with Crippen LogP contribution in [-0.4, -0.2) is 49.7 Å². The van der Waals surface area contributed by atoms with Gasteiger partial charge in [0.05, 0.1) is 30.5 Å². The van der Waals surface area contributed by atoms with E-state index in [1.807, 2.05) is 6.07 Å². The highest BCUT2D eigenvalue weighted by atomic mass is 32.2. The van der Waals surface area contributed by atoms with Gasteiger partial charge in [-0.25, -0.2) is 23.2 Å². The molecule has 5 aromatic rings. The molecule has 0 unspecified atom stereocenters. The molecule has 5 rings (SSSR count). The largest absolute Gasteiger partial charge is 0.493 e. The van der Waals surface area contributed by atoms with Gasteiger partial charge in [-0.15, -0.1) is 0 Å². The number of carboxylic acid groups (broad SMARTS) is 1. The number of methoxy groups -OCH3 is 1. The zero-order chi connectivity index (χ0) is 30.6. The summed E-state index contributed by atoms with van der Waals surface area (Å²) in [4.78, 5) is 21.0. The van der Waals surface area contributed by atoms with Gasteiger partial charge in [-0.3, -0.25) is 4.72 Å². The summed E-state index contributed by atoms with van der Waals surface area (Å²) in [5.41, 5.74) is 14.2. The van der Waals surface area contributed by atoms with Crippen molar-refractivity contribution in [3.05, 3.63) is 90.6 Å². The Labute approximate surface area is 248 Å². The number of carboxylic acids is 1. The van der Waals surface area contributed by atoms with Crippen LogP contribution in [0.5, 0.6) is 11.6 Å². The quantitative estimate of drug-likeness (QED) is 0.154. The van der Waals surface area contributed by atoms with Crippen molar-refractivity contribution in [2.75, 3.05) is 30.7 Å².